The second-order valence-electron chi connectivity index (χ2n) is 3.82. The maximum atomic E-state index is 10.6. The number of benzene rings is 1. The molecule has 0 aliphatic carbocycles. The van der Waals surface area contributed by atoms with Crippen molar-refractivity contribution in [3.05, 3.63) is 45.6 Å². The van der Waals surface area contributed by atoms with Crippen LogP contribution in [0.4, 0.5) is 0 Å². The average Bonchev–Trinajstić information content (AvgIpc) is 2.39. The summed E-state index contributed by atoms with van der Waals surface area (Å²) in [7, 11) is 0. The van der Waals surface area contributed by atoms with Gasteiger partial charge in [0.25, 0.3) is 0 Å². The van der Waals surface area contributed by atoms with Gasteiger partial charge in [-0.1, -0.05) is 23.7 Å². The summed E-state index contributed by atoms with van der Waals surface area (Å²) >= 11 is 11.2. The molecule has 0 bridgehead atoms. The molecular weight excluding hydrogens is 309 g/mol. The number of hydrogen-bond acceptors (Lipinski definition) is 4. The van der Waals surface area contributed by atoms with E-state index in [1.807, 2.05) is 0 Å². The second-order valence-corrected chi connectivity index (χ2v) is 4.72. The number of alkyl halides is 2. The van der Waals surface area contributed by atoms with E-state index in [1.54, 1.807) is 12.1 Å². The highest BCUT2D eigenvalue weighted by Gasteiger charge is 2.25. The van der Waals surface area contributed by atoms with Crippen LogP contribution in [0.15, 0.2) is 30.0 Å². The average molecular weight is 320 g/mol. The van der Waals surface area contributed by atoms with Crippen LogP contribution in [0.25, 0.3) is 6.08 Å². The number of rotatable bonds is 6. The first kappa shape index (κ1) is 16.3. The van der Waals surface area contributed by atoms with E-state index in [1.165, 1.54) is 25.1 Å². The number of carboxylic acids is 1. The minimum absolute atomic E-state index is 0.000544. The van der Waals surface area contributed by atoms with Crippen LogP contribution in [0.5, 0.6) is 5.75 Å². The van der Waals surface area contributed by atoms with Gasteiger partial charge in [0.15, 0.2) is 10.9 Å². The Hall–Kier alpha value is -1.79. The summed E-state index contributed by atoms with van der Waals surface area (Å²) in [6.07, 6.45) is 1.39. The van der Waals surface area contributed by atoms with Crippen LogP contribution < -0.4 is 4.74 Å². The number of nitro groups is 1. The van der Waals surface area contributed by atoms with Gasteiger partial charge >= 0.3 is 5.97 Å². The quantitative estimate of drug-likeness (QED) is 0.494. The van der Waals surface area contributed by atoms with E-state index >= 15 is 0 Å². The number of nitrogens with zero attached hydrogens (tertiary/aromatic N) is 1. The molecule has 0 spiro atoms. The Balaban J connectivity index is 2.75. The zero-order chi connectivity index (χ0) is 15.3. The third-order valence-corrected chi connectivity index (χ3v) is 3.14. The molecule has 6 nitrogen and oxygen atoms in total. The fourth-order valence-electron chi connectivity index (χ4n) is 1.24. The first-order chi connectivity index (χ1) is 9.31. The van der Waals surface area contributed by atoms with Crippen molar-refractivity contribution in [2.75, 3.05) is 0 Å². The molecule has 20 heavy (non-hydrogen) atoms. The zero-order valence-corrected chi connectivity index (χ0v) is 11.8. The minimum Gasteiger partial charge on any atom is -0.480 e. The highest BCUT2D eigenvalue weighted by molar-refractivity contribution is 6.36. The Morgan fingerprint density at radius 1 is 1.40 bits per heavy atom. The molecule has 0 saturated carbocycles. The first-order valence-corrected chi connectivity index (χ1v) is 6.29. The highest BCUT2D eigenvalue weighted by Crippen LogP contribution is 2.20. The molecule has 0 aromatic heterocycles. The summed E-state index contributed by atoms with van der Waals surface area (Å²) in [5.74, 6) is -0.972. The second kappa shape index (κ2) is 7.12. The monoisotopic (exact) mass is 319 g/mol. The molecule has 1 rings (SSSR count). The minimum atomic E-state index is -1.38. The molecule has 0 amide bonds. The number of aliphatic carboxylic acids is 1. The van der Waals surface area contributed by atoms with Crippen molar-refractivity contribution < 1.29 is 19.6 Å². The number of hydrogen-bond donors (Lipinski definition) is 1. The molecule has 108 valence electrons. The van der Waals surface area contributed by atoms with Crippen LogP contribution in [0.1, 0.15) is 12.5 Å². The van der Waals surface area contributed by atoms with Crippen LogP contribution >= 0.6 is 23.2 Å². The van der Waals surface area contributed by atoms with Crippen molar-refractivity contribution in [2.45, 2.75) is 17.9 Å². The number of allylic oxidation sites excluding steroid dienone is 1. The van der Waals surface area contributed by atoms with Crippen molar-refractivity contribution in [1.82, 2.24) is 0 Å². The Labute approximate surface area is 124 Å². The summed E-state index contributed by atoms with van der Waals surface area (Å²) in [5, 5.41) is 17.8. The maximum absolute atomic E-state index is 10.6. The van der Waals surface area contributed by atoms with E-state index in [0.717, 1.165) is 0 Å². The van der Waals surface area contributed by atoms with E-state index in [0.29, 0.717) is 11.3 Å². The molecule has 1 N–H and O–H groups in total. The highest BCUT2D eigenvalue weighted by atomic mass is 35.5. The normalized spacial score (nSPS) is 14.4. The lowest BCUT2D eigenvalue weighted by atomic mass is 10.2. The Bertz CT molecular complexity index is 529. The summed E-state index contributed by atoms with van der Waals surface area (Å²) in [5.41, 5.74) is -0.616. The molecule has 0 heterocycles. The number of carboxylic acid groups (broad SMARTS) is 1. The molecule has 8 heteroatoms. The van der Waals surface area contributed by atoms with Crippen LogP contribution in [0, 0.1) is 10.1 Å². The largest absolute Gasteiger partial charge is 0.480 e. The molecule has 2 atom stereocenters. The van der Waals surface area contributed by atoms with E-state index < -0.39 is 21.8 Å². The Morgan fingerprint density at radius 3 is 2.40 bits per heavy atom. The van der Waals surface area contributed by atoms with Gasteiger partial charge in [0.05, 0.1) is 4.92 Å². The lowest BCUT2D eigenvalue weighted by Crippen LogP contribution is -2.29. The molecular formula is C12H11Cl2NO5. The van der Waals surface area contributed by atoms with E-state index in [-0.39, 0.29) is 5.70 Å². The standard InChI is InChI=1S/C12H11Cl2NO5/c1-7(15(18)19)6-8-2-4-9(5-3-8)20-11(14)10(13)12(16)17/h2-6,10-11H,1H3,(H,16,17). The van der Waals surface area contributed by atoms with Gasteiger partial charge < -0.3 is 9.84 Å². The lowest BCUT2D eigenvalue weighted by Gasteiger charge is -2.14. The Morgan fingerprint density at radius 2 is 1.95 bits per heavy atom. The summed E-state index contributed by atoms with van der Waals surface area (Å²) in [6.45, 7) is 1.38. The molecule has 0 aliphatic heterocycles. The van der Waals surface area contributed by atoms with Gasteiger partial charge in [0, 0.05) is 13.0 Å². The fraction of sp³-hybridized carbons (Fsp3) is 0.250. The van der Waals surface area contributed by atoms with Gasteiger partial charge in [-0.25, -0.2) is 0 Å². The Kier molecular flexibility index (Phi) is 5.79. The molecule has 2 unspecified atom stereocenters. The van der Waals surface area contributed by atoms with E-state index in [4.69, 9.17) is 33.0 Å². The molecule has 1 aromatic rings. The molecule has 0 radical (unpaired) electrons. The topological polar surface area (TPSA) is 89.7 Å². The smallest absolute Gasteiger partial charge is 0.326 e. The van der Waals surface area contributed by atoms with Crippen molar-refractivity contribution in [2.24, 2.45) is 0 Å². The molecule has 1 aromatic carbocycles. The van der Waals surface area contributed by atoms with Gasteiger partial charge in [-0.2, -0.15) is 0 Å². The van der Waals surface area contributed by atoms with Crippen molar-refractivity contribution >= 4 is 35.2 Å². The van der Waals surface area contributed by atoms with Gasteiger partial charge in [-0.3, -0.25) is 14.9 Å². The van der Waals surface area contributed by atoms with Gasteiger partial charge in [0.1, 0.15) is 5.75 Å². The first-order valence-electron chi connectivity index (χ1n) is 5.41. The van der Waals surface area contributed by atoms with Crippen molar-refractivity contribution in [3.63, 3.8) is 0 Å². The number of ether oxygens (including phenoxy) is 1. The summed E-state index contributed by atoms with van der Waals surface area (Å²) in [6, 6.07) is 6.19. The summed E-state index contributed by atoms with van der Waals surface area (Å²) < 4.78 is 5.14. The van der Waals surface area contributed by atoms with Gasteiger partial charge in [-0.15, -0.1) is 11.6 Å². The van der Waals surface area contributed by atoms with Crippen LogP contribution in [-0.2, 0) is 4.79 Å². The number of carbonyl (C=O) groups is 1. The van der Waals surface area contributed by atoms with Crippen molar-refractivity contribution in [1.29, 1.82) is 0 Å². The molecule has 0 aliphatic rings. The predicted molar refractivity (Wildman–Crippen MR) is 74.6 cm³/mol. The van der Waals surface area contributed by atoms with Gasteiger partial charge in [-0.05, 0) is 17.7 Å². The third kappa shape index (κ3) is 4.71. The lowest BCUT2D eigenvalue weighted by molar-refractivity contribution is -0.422. The summed E-state index contributed by atoms with van der Waals surface area (Å²) in [4.78, 5) is 20.6. The molecule has 0 saturated heterocycles. The van der Waals surface area contributed by atoms with Crippen LogP contribution in [0.3, 0.4) is 0 Å². The maximum Gasteiger partial charge on any atom is 0.326 e. The van der Waals surface area contributed by atoms with Crippen LogP contribution in [-0.4, -0.2) is 26.9 Å². The SMILES string of the molecule is CC(=Cc1ccc(OC(Cl)C(Cl)C(=O)O)cc1)[N+](=O)[O-]. The van der Waals surface area contributed by atoms with Crippen LogP contribution in [0.2, 0.25) is 0 Å². The zero-order valence-electron chi connectivity index (χ0n) is 10.3. The predicted octanol–water partition coefficient (Wildman–Crippen LogP) is 2.96. The van der Waals surface area contributed by atoms with Crippen molar-refractivity contribution in [3.8, 4) is 5.75 Å². The molecule has 0 fully saturated rings. The van der Waals surface area contributed by atoms with Gasteiger partial charge in [0.2, 0.25) is 5.70 Å². The third-order valence-electron chi connectivity index (χ3n) is 2.26. The number of halogens is 2. The fourth-order valence-corrected chi connectivity index (χ4v) is 1.50. The van der Waals surface area contributed by atoms with E-state index in [9.17, 15) is 14.9 Å². The van der Waals surface area contributed by atoms with E-state index in [2.05, 4.69) is 0 Å².